The maximum atomic E-state index is 12.0. The Morgan fingerprint density at radius 2 is 1.86 bits per heavy atom. The van der Waals surface area contributed by atoms with Gasteiger partial charge < -0.3 is 10.2 Å². The molecule has 2 aliphatic heterocycles. The normalized spacial score (nSPS) is 19.7. The molecule has 2 heterocycles. The van der Waals surface area contributed by atoms with Gasteiger partial charge in [-0.1, -0.05) is 25.0 Å². The Balaban J connectivity index is 1.26. The standard InChI is InChI=1S/C21H32N4O3S/c26-20(22-14-9-17-25-15-7-2-8-16-25)12-3-1-6-13-23-21-18-10-4-5-11-19(18)29(27,28)24-21/h4-5,10-11H,1-3,6-9,12-17H2,(H,22,26)(H,23,24). The Labute approximate surface area is 174 Å². The molecule has 3 rings (SSSR count). The molecule has 8 heteroatoms. The Morgan fingerprint density at radius 1 is 1.07 bits per heavy atom. The fourth-order valence-corrected chi connectivity index (χ4v) is 5.07. The highest BCUT2D eigenvalue weighted by molar-refractivity contribution is 7.90. The van der Waals surface area contributed by atoms with Gasteiger partial charge in [-0.3, -0.25) is 14.5 Å². The van der Waals surface area contributed by atoms with Gasteiger partial charge in [0.05, 0.1) is 4.90 Å². The summed E-state index contributed by atoms with van der Waals surface area (Å²) in [4.78, 5) is 19.1. The summed E-state index contributed by atoms with van der Waals surface area (Å²) in [7, 11) is -3.47. The molecule has 1 saturated heterocycles. The molecular formula is C21H32N4O3S. The molecule has 1 amide bonds. The minimum atomic E-state index is -3.47. The van der Waals surface area contributed by atoms with Gasteiger partial charge in [0.15, 0.2) is 0 Å². The summed E-state index contributed by atoms with van der Waals surface area (Å²) in [6, 6.07) is 6.87. The number of carbonyl (C=O) groups is 1. The lowest BCUT2D eigenvalue weighted by molar-refractivity contribution is -0.121. The van der Waals surface area contributed by atoms with Gasteiger partial charge in [0.1, 0.15) is 5.84 Å². The molecule has 0 aromatic heterocycles. The van der Waals surface area contributed by atoms with E-state index in [-0.39, 0.29) is 10.8 Å². The molecule has 0 saturated carbocycles. The molecule has 0 bridgehead atoms. The second-order valence-electron chi connectivity index (χ2n) is 7.75. The quantitative estimate of drug-likeness (QED) is 0.568. The van der Waals surface area contributed by atoms with E-state index < -0.39 is 10.0 Å². The summed E-state index contributed by atoms with van der Waals surface area (Å²) in [5.74, 6) is 0.541. The fraction of sp³-hybridized carbons (Fsp3) is 0.619. The molecule has 0 spiro atoms. The predicted molar refractivity (Wildman–Crippen MR) is 115 cm³/mol. The highest BCUT2D eigenvalue weighted by atomic mass is 32.2. The topological polar surface area (TPSA) is 90.9 Å². The number of piperidine rings is 1. The van der Waals surface area contributed by atoms with Crippen LogP contribution in [0.25, 0.3) is 0 Å². The largest absolute Gasteiger partial charge is 0.356 e. The van der Waals surface area contributed by atoms with Crippen molar-refractivity contribution in [2.75, 3.05) is 32.7 Å². The molecule has 0 aliphatic carbocycles. The molecule has 1 aromatic rings. The second kappa shape index (κ2) is 10.7. The fourth-order valence-electron chi connectivity index (χ4n) is 3.82. The van der Waals surface area contributed by atoms with Crippen molar-refractivity contribution in [1.82, 2.24) is 14.9 Å². The average Bonchev–Trinajstić information content (AvgIpc) is 2.99. The van der Waals surface area contributed by atoms with Crippen LogP contribution in [0.15, 0.2) is 34.2 Å². The number of fused-ring (bicyclic) bond motifs is 1. The minimum absolute atomic E-state index is 0.118. The maximum Gasteiger partial charge on any atom is 0.263 e. The van der Waals surface area contributed by atoms with E-state index in [1.165, 1.54) is 32.4 Å². The first-order valence-electron chi connectivity index (χ1n) is 10.7. The minimum Gasteiger partial charge on any atom is -0.356 e. The predicted octanol–water partition coefficient (Wildman–Crippen LogP) is 2.28. The van der Waals surface area contributed by atoms with Crippen LogP contribution >= 0.6 is 0 Å². The van der Waals surface area contributed by atoms with Crippen molar-refractivity contribution in [2.24, 2.45) is 4.99 Å². The maximum absolute atomic E-state index is 12.0. The lowest BCUT2D eigenvalue weighted by atomic mass is 10.1. The molecule has 0 radical (unpaired) electrons. The molecule has 2 aliphatic rings. The van der Waals surface area contributed by atoms with Crippen LogP contribution in [0.5, 0.6) is 0 Å². The third-order valence-electron chi connectivity index (χ3n) is 5.42. The number of hydrogen-bond acceptors (Lipinski definition) is 5. The molecule has 7 nitrogen and oxygen atoms in total. The molecule has 0 unspecified atom stereocenters. The number of sulfonamides is 1. The zero-order chi connectivity index (χ0) is 20.5. The van der Waals surface area contributed by atoms with Gasteiger partial charge in [0.25, 0.3) is 10.0 Å². The highest BCUT2D eigenvalue weighted by Gasteiger charge is 2.29. The summed E-state index contributed by atoms with van der Waals surface area (Å²) >= 11 is 0. The number of nitrogens with zero attached hydrogens (tertiary/aromatic N) is 2. The second-order valence-corrected chi connectivity index (χ2v) is 9.40. The number of rotatable bonds is 10. The van der Waals surface area contributed by atoms with Gasteiger partial charge in [-0.25, -0.2) is 8.42 Å². The number of aliphatic imine (C=N–C) groups is 1. The number of carbonyl (C=O) groups excluding carboxylic acids is 1. The Morgan fingerprint density at radius 3 is 2.69 bits per heavy atom. The summed E-state index contributed by atoms with van der Waals surface area (Å²) in [6.07, 6.45) is 8.05. The number of amidine groups is 1. The van der Waals surface area contributed by atoms with Crippen molar-refractivity contribution in [3.63, 3.8) is 0 Å². The number of hydrogen-bond donors (Lipinski definition) is 2. The van der Waals surface area contributed by atoms with E-state index in [4.69, 9.17) is 0 Å². The van der Waals surface area contributed by atoms with Crippen molar-refractivity contribution in [3.05, 3.63) is 29.8 Å². The van der Waals surface area contributed by atoms with Gasteiger partial charge in [0, 0.05) is 25.1 Å². The van der Waals surface area contributed by atoms with Crippen molar-refractivity contribution in [1.29, 1.82) is 0 Å². The van der Waals surface area contributed by atoms with E-state index in [2.05, 4.69) is 19.9 Å². The van der Waals surface area contributed by atoms with E-state index in [1.807, 2.05) is 6.07 Å². The Bertz CT molecular complexity index is 817. The summed E-state index contributed by atoms with van der Waals surface area (Å²) in [5.41, 5.74) is 0.636. The Kier molecular flexibility index (Phi) is 8.06. The van der Waals surface area contributed by atoms with Crippen LogP contribution in [0.3, 0.4) is 0 Å². The monoisotopic (exact) mass is 420 g/mol. The van der Waals surface area contributed by atoms with E-state index in [1.54, 1.807) is 18.2 Å². The lowest BCUT2D eigenvalue weighted by Crippen LogP contribution is -2.33. The van der Waals surface area contributed by atoms with E-state index in [0.717, 1.165) is 38.8 Å². The Hall–Kier alpha value is -1.93. The zero-order valence-corrected chi connectivity index (χ0v) is 17.8. The van der Waals surface area contributed by atoms with Crippen LogP contribution in [0.1, 0.15) is 56.9 Å². The van der Waals surface area contributed by atoms with Crippen molar-refractivity contribution in [2.45, 2.75) is 56.3 Å². The molecule has 160 valence electrons. The number of benzene rings is 1. The number of unbranched alkanes of at least 4 members (excludes halogenated alkanes) is 2. The average molecular weight is 421 g/mol. The summed E-state index contributed by atoms with van der Waals surface area (Å²) in [6.45, 7) is 4.77. The van der Waals surface area contributed by atoms with Crippen LogP contribution in [0, 0.1) is 0 Å². The summed E-state index contributed by atoms with van der Waals surface area (Å²) < 4.78 is 26.6. The first-order valence-corrected chi connectivity index (χ1v) is 12.2. The third kappa shape index (κ3) is 6.54. The number of nitrogens with one attached hydrogen (secondary N) is 2. The van der Waals surface area contributed by atoms with Crippen molar-refractivity contribution in [3.8, 4) is 0 Å². The van der Waals surface area contributed by atoms with Crippen molar-refractivity contribution < 1.29 is 13.2 Å². The lowest BCUT2D eigenvalue weighted by Gasteiger charge is -2.26. The zero-order valence-electron chi connectivity index (χ0n) is 17.0. The molecule has 2 N–H and O–H groups in total. The van der Waals surface area contributed by atoms with E-state index >= 15 is 0 Å². The first-order chi connectivity index (χ1) is 14.1. The molecule has 29 heavy (non-hydrogen) atoms. The first kappa shape index (κ1) is 21.8. The van der Waals surface area contributed by atoms with Gasteiger partial charge >= 0.3 is 0 Å². The van der Waals surface area contributed by atoms with Crippen LogP contribution < -0.4 is 10.0 Å². The molecule has 0 atom stereocenters. The van der Waals surface area contributed by atoms with Gasteiger partial charge in [-0.2, -0.15) is 0 Å². The van der Waals surface area contributed by atoms with Gasteiger partial charge in [-0.05, 0) is 63.9 Å². The SMILES string of the molecule is O=C(CCCCCN=C1NS(=O)(=O)c2ccccc21)NCCCN1CCCCC1. The number of likely N-dealkylation sites (tertiary alicyclic amines) is 1. The highest BCUT2D eigenvalue weighted by Crippen LogP contribution is 2.22. The molecular weight excluding hydrogens is 388 g/mol. The van der Waals surface area contributed by atoms with E-state index in [9.17, 15) is 13.2 Å². The van der Waals surface area contributed by atoms with Crippen LogP contribution in [-0.4, -0.2) is 57.8 Å². The van der Waals surface area contributed by atoms with Crippen LogP contribution in [-0.2, 0) is 14.8 Å². The van der Waals surface area contributed by atoms with E-state index in [0.29, 0.717) is 24.4 Å². The smallest absolute Gasteiger partial charge is 0.263 e. The van der Waals surface area contributed by atoms with Crippen LogP contribution in [0.2, 0.25) is 0 Å². The molecule has 1 aromatic carbocycles. The van der Waals surface area contributed by atoms with Crippen LogP contribution in [0.4, 0.5) is 0 Å². The van der Waals surface area contributed by atoms with Crippen molar-refractivity contribution >= 4 is 21.8 Å². The number of amides is 1. The molecule has 1 fully saturated rings. The third-order valence-corrected chi connectivity index (χ3v) is 6.81. The van der Waals surface area contributed by atoms with Gasteiger partial charge in [-0.15, -0.1) is 0 Å². The van der Waals surface area contributed by atoms with Gasteiger partial charge in [0.2, 0.25) is 5.91 Å². The summed E-state index contributed by atoms with van der Waals surface area (Å²) in [5, 5.41) is 3.01.